The van der Waals surface area contributed by atoms with E-state index in [0.717, 1.165) is 19.3 Å². The van der Waals surface area contributed by atoms with E-state index in [-0.39, 0.29) is 11.4 Å². The summed E-state index contributed by atoms with van der Waals surface area (Å²) in [4.78, 5) is 24.6. The summed E-state index contributed by atoms with van der Waals surface area (Å²) >= 11 is 0. The molecule has 5 nitrogen and oxygen atoms in total. The number of amides is 2. The predicted octanol–water partition coefficient (Wildman–Crippen LogP) is 2.07. The molecule has 0 spiro atoms. The second-order valence-corrected chi connectivity index (χ2v) is 5.75. The van der Waals surface area contributed by atoms with E-state index in [9.17, 15) is 9.59 Å². The van der Waals surface area contributed by atoms with Crippen molar-refractivity contribution in [1.82, 2.24) is 10.2 Å². The van der Waals surface area contributed by atoms with Crippen LogP contribution in [0.3, 0.4) is 0 Å². The molecule has 2 amide bonds. The van der Waals surface area contributed by atoms with E-state index in [1.54, 1.807) is 11.8 Å². The number of rotatable bonds is 3. The molecule has 5 heteroatoms. The van der Waals surface area contributed by atoms with Crippen molar-refractivity contribution in [3.05, 3.63) is 0 Å². The Hall–Kier alpha value is -1.26. The zero-order valence-electron chi connectivity index (χ0n) is 11.5. The van der Waals surface area contributed by atoms with Crippen molar-refractivity contribution in [3.63, 3.8) is 0 Å². The smallest absolute Gasteiger partial charge is 0.326 e. The van der Waals surface area contributed by atoms with Crippen LogP contribution in [0.4, 0.5) is 4.79 Å². The predicted molar refractivity (Wildman–Crippen MR) is 69.5 cm³/mol. The monoisotopic (exact) mass is 256 g/mol. The number of hydrogen-bond acceptors (Lipinski definition) is 2. The minimum Gasteiger partial charge on any atom is -0.480 e. The molecular weight excluding hydrogens is 232 g/mol. The molecule has 18 heavy (non-hydrogen) atoms. The first-order valence-corrected chi connectivity index (χ1v) is 6.64. The third-order valence-electron chi connectivity index (χ3n) is 3.63. The Morgan fingerprint density at radius 1 is 1.33 bits per heavy atom. The van der Waals surface area contributed by atoms with Crippen LogP contribution in [0.1, 0.15) is 46.5 Å². The van der Waals surface area contributed by atoms with Crippen molar-refractivity contribution < 1.29 is 14.7 Å². The van der Waals surface area contributed by atoms with Gasteiger partial charge in [-0.25, -0.2) is 9.59 Å². The number of likely N-dealkylation sites (tertiary alicyclic amines) is 1. The number of aliphatic carboxylic acids is 1. The molecule has 0 unspecified atom stereocenters. The summed E-state index contributed by atoms with van der Waals surface area (Å²) < 4.78 is 0. The minimum absolute atomic E-state index is 0.248. The molecule has 0 aromatic heterocycles. The molecule has 0 radical (unpaired) electrons. The van der Waals surface area contributed by atoms with Crippen LogP contribution in [0.5, 0.6) is 0 Å². The van der Waals surface area contributed by atoms with Crippen LogP contribution in [0.25, 0.3) is 0 Å². The first-order chi connectivity index (χ1) is 8.35. The Kier molecular flexibility index (Phi) is 4.99. The van der Waals surface area contributed by atoms with Crippen LogP contribution in [0.15, 0.2) is 0 Å². The number of carboxylic acids is 1. The fraction of sp³-hybridized carbons (Fsp3) is 0.846. The van der Waals surface area contributed by atoms with Gasteiger partial charge in [-0.3, -0.25) is 0 Å². The molecule has 0 bridgehead atoms. The van der Waals surface area contributed by atoms with Crippen molar-refractivity contribution in [3.8, 4) is 0 Å². The van der Waals surface area contributed by atoms with Crippen LogP contribution in [0, 0.1) is 5.41 Å². The van der Waals surface area contributed by atoms with Gasteiger partial charge in [0.25, 0.3) is 0 Å². The molecule has 1 saturated heterocycles. The van der Waals surface area contributed by atoms with Crippen molar-refractivity contribution >= 4 is 12.0 Å². The molecule has 0 aliphatic carbocycles. The zero-order valence-corrected chi connectivity index (χ0v) is 11.5. The van der Waals surface area contributed by atoms with Gasteiger partial charge in [0, 0.05) is 13.1 Å². The number of carboxylic acid groups (broad SMARTS) is 1. The third kappa shape index (κ3) is 4.20. The van der Waals surface area contributed by atoms with Crippen LogP contribution >= 0.6 is 0 Å². The number of carbonyl (C=O) groups excluding carboxylic acids is 1. The topological polar surface area (TPSA) is 69.6 Å². The highest BCUT2D eigenvalue weighted by molar-refractivity contribution is 5.82. The van der Waals surface area contributed by atoms with Gasteiger partial charge in [-0.05, 0) is 31.1 Å². The van der Waals surface area contributed by atoms with E-state index in [2.05, 4.69) is 19.2 Å². The molecule has 0 aromatic rings. The molecule has 1 aliphatic heterocycles. The minimum atomic E-state index is -0.971. The Morgan fingerprint density at radius 3 is 2.56 bits per heavy atom. The fourth-order valence-electron chi connectivity index (χ4n) is 2.20. The molecule has 2 N–H and O–H groups in total. The molecule has 1 rings (SSSR count). The molecule has 104 valence electrons. The van der Waals surface area contributed by atoms with Crippen LogP contribution in [0.2, 0.25) is 0 Å². The maximum atomic E-state index is 12.0. The Bertz CT molecular complexity index is 315. The largest absolute Gasteiger partial charge is 0.480 e. The van der Waals surface area contributed by atoms with E-state index in [1.807, 2.05) is 0 Å². The molecule has 1 atom stereocenters. The van der Waals surface area contributed by atoms with Crippen molar-refractivity contribution in [2.45, 2.75) is 52.5 Å². The number of nitrogens with one attached hydrogen (secondary N) is 1. The van der Waals surface area contributed by atoms with Gasteiger partial charge in [0.1, 0.15) is 6.04 Å². The Balaban J connectivity index is 2.54. The van der Waals surface area contributed by atoms with Gasteiger partial charge in [0.2, 0.25) is 0 Å². The highest BCUT2D eigenvalue weighted by Gasteiger charge is 2.27. The Labute approximate surface area is 109 Å². The fourth-order valence-corrected chi connectivity index (χ4v) is 2.20. The van der Waals surface area contributed by atoms with Crippen molar-refractivity contribution in [1.29, 1.82) is 0 Å². The molecule has 0 aromatic carbocycles. The molecule has 0 saturated carbocycles. The van der Waals surface area contributed by atoms with Gasteiger partial charge in [-0.15, -0.1) is 0 Å². The summed E-state index contributed by atoms with van der Waals surface area (Å²) in [7, 11) is 0. The lowest BCUT2D eigenvalue weighted by molar-refractivity contribution is -0.139. The van der Waals surface area contributed by atoms with Crippen LogP contribution < -0.4 is 5.32 Å². The maximum absolute atomic E-state index is 12.0. The lowest BCUT2D eigenvalue weighted by Crippen LogP contribution is -2.48. The maximum Gasteiger partial charge on any atom is 0.326 e. The SMILES string of the molecule is CC[C@@H](NC(=O)N1CCCC(C)(C)CC1)C(=O)O. The quantitative estimate of drug-likeness (QED) is 0.812. The second-order valence-electron chi connectivity index (χ2n) is 5.75. The average Bonchev–Trinajstić information content (AvgIpc) is 2.46. The average molecular weight is 256 g/mol. The van der Waals surface area contributed by atoms with E-state index < -0.39 is 12.0 Å². The van der Waals surface area contributed by atoms with E-state index in [0.29, 0.717) is 19.5 Å². The standard InChI is InChI=1S/C13H24N2O3/c1-4-10(11(16)17)14-12(18)15-8-5-6-13(2,3)7-9-15/h10H,4-9H2,1-3H3,(H,14,18)(H,16,17)/t10-/m1/s1. The van der Waals surface area contributed by atoms with Gasteiger partial charge in [-0.2, -0.15) is 0 Å². The summed E-state index contributed by atoms with van der Waals surface area (Å²) in [6.07, 6.45) is 3.45. The molecule has 1 heterocycles. The molecular formula is C13H24N2O3. The van der Waals surface area contributed by atoms with Gasteiger partial charge in [0.05, 0.1) is 0 Å². The van der Waals surface area contributed by atoms with Gasteiger partial charge < -0.3 is 15.3 Å². The van der Waals surface area contributed by atoms with Crippen LogP contribution in [-0.4, -0.2) is 41.1 Å². The highest BCUT2D eigenvalue weighted by atomic mass is 16.4. The summed E-state index contributed by atoms with van der Waals surface area (Å²) in [6.45, 7) is 7.59. The highest BCUT2D eigenvalue weighted by Crippen LogP contribution is 2.29. The lowest BCUT2D eigenvalue weighted by Gasteiger charge is -2.24. The van der Waals surface area contributed by atoms with E-state index in [4.69, 9.17) is 5.11 Å². The molecule has 1 fully saturated rings. The van der Waals surface area contributed by atoms with Gasteiger partial charge in [-0.1, -0.05) is 20.8 Å². The van der Waals surface area contributed by atoms with Gasteiger partial charge >= 0.3 is 12.0 Å². The summed E-state index contributed by atoms with van der Waals surface area (Å²) in [5, 5.41) is 11.5. The first kappa shape index (κ1) is 14.8. The van der Waals surface area contributed by atoms with Crippen molar-refractivity contribution in [2.24, 2.45) is 5.41 Å². The number of urea groups is 1. The van der Waals surface area contributed by atoms with Crippen molar-refractivity contribution in [2.75, 3.05) is 13.1 Å². The summed E-state index contributed by atoms with van der Waals surface area (Å²) in [5.74, 6) is -0.971. The summed E-state index contributed by atoms with van der Waals surface area (Å²) in [6, 6.07) is -1.03. The second kappa shape index (κ2) is 6.07. The Morgan fingerprint density at radius 2 is 2.00 bits per heavy atom. The normalized spacial score (nSPS) is 20.9. The van der Waals surface area contributed by atoms with E-state index >= 15 is 0 Å². The molecule has 1 aliphatic rings. The summed E-state index contributed by atoms with van der Waals surface area (Å²) in [5.41, 5.74) is 0.270. The lowest BCUT2D eigenvalue weighted by atomic mass is 9.85. The number of hydrogen-bond donors (Lipinski definition) is 2. The number of nitrogens with zero attached hydrogens (tertiary/aromatic N) is 1. The van der Waals surface area contributed by atoms with Crippen LogP contribution in [-0.2, 0) is 4.79 Å². The van der Waals surface area contributed by atoms with Gasteiger partial charge in [0.15, 0.2) is 0 Å². The number of carbonyl (C=O) groups is 2. The third-order valence-corrected chi connectivity index (χ3v) is 3.63. The van der Waals surface area contributed by atoms with E-state index in [1.165, 1.54) is 0 Å². The zero-order chi connectivity index (χ0) is 13.8. The first-order valence-electron chi connectivity index (χ1n) is 6.64.